The van der Waals surface area contributed by atoms with Crippen LogP contribution in [0.5, 0.6) is 0 Å². The maximum absolute atomic E-state index is 6.33. The molecule has 0 aromatic heterocycles. The van der Waals surface area contributed by atoms with Crippen LogP contribution in [0, 0.1) is 0 Å². The Bertz CT molecular complexity index is 542. The predicted octanol–water partition coefficient (Wildman–Crippen LogP) is 5.36. The molecule has 2 aromatic rings. The zero-order chi connectivity index (χ0) is 13.7. The number of rotatable bonds is 5. The van der Waals surface area contributed by atoms with Gasteiger partial charge in [-0.2, -0.15) is 0 Å². The van der Waals surface area contributed by atoms with Gasteiger partial charge in [0.2, 0.25) is 0 Å². The van der Waals surface area contributed by atoms with Crippen LogP contribution in [0.3, 0.4) is 0 Å². The average Bonchev–Trinajstić information content (AvgIpc) is 2.41. The van der Waals surface area contributed by atoms with Gasteiger partial charge >= 0.3 is 0 Å². The van der Waals surface area contributed by atoms with Crippen molar-refractivity contribution in [3.05, 3.63) is 57.5 Å². The minimum Gasteiger partial charge on any atom is -0.313 e. The first-order chi connectivity index (χ1) is 9.19. The van der Waals surface area contributed by atoms with Crippen molar-refractivity contribution < 1.29 is 0 Å². The second-order valence-electron chi connectivity index (χ2n) is 4.10. The third-order valence-electron chi connectivity index (χ3n) is 2.62. The molecule has 2 rings (SSSR count). The van der Waals surface area contributed by atoms with Gasteiger partial charge in [-0.3, -0.25) is 0 Å². The molecule has 0 saturated heterocycles. The number of benzene rings is 2. The topological polar surface area (TPSA) is 12.0 Å². The highest BCUT2D eigenvalue weighted by atomic mass is 79.9. The molecule has 1 nitrogen and oxygen atoms in total. The van der Waals surface area contributed by atoms with Gasteiger partial charge in [0.15, 0.2) is 0 Å². The average molecular weight is 357 g/mol. The van der Waals surface area contributed by atoms with E-state index in [1.54, 1.807) is 11.8 Å². The van der Waals surface area contributed by atoms with Crippen molar-refractivity contribution in [2.45, 2.75) is 23.3 Å². The summed E-state index contributed by atoms with van der Waals surface area (Å²) in [6, 6.07) is 14.5. The van der Waals surface area contributed by atoms with E-state index in [1.165, 1.54) is 10.5 Å². The Hall–Kier alpha value is -0.480. The number of hydrogen-bond acceptors (Lipinski definition) is 2. The molecule has 0 saturated carbocycles. The molecule has 0 aliphatic carbocycles. The lowest BCUT2D eigenvalue weighted by Crippen LogP contribution is -2.11. The van der Waals surface area contributed by atoms with Gasteiger partial charge in [0.05, 0.1) is 5.02 Å². The lowest BCUT2D eigenvalue weighted by atomic mass is 10.2. The molecule has 0 aliphatic rings. The summed E-state index contributed by atoms with van der Waals surface area (Å²) in [6.07, 6.45) is 0. The van der Waals surface area contributed by atoms with Gasteiger partial charge in [0, 0.05) is 20.8 Å². The standard InChI is InChI=1S/C15H15BrClNS/c1-2-18-10-11-3-8-15(14(17)9-11)19-13-6-4-12(16)5-7-13/h3-9,18H,2,10H2,1H3. The molecule has 19 heavy (non-hydrogen) atoms. The first-order valence-electron chi connectivity index (χ1n) is 6.11. The molecular weight excluding hydrogens is 342 g/mol. The van der Waals surface area contributed by atoms with Crippen molar-refractivity contribution in [1.82, 2.24) is 5.32 Å². The van der Waals surface area contributed by atoms with Gasteiger partial charge < -0.3 is 5.32 Å². The first-order valence-corrected chi connectivity index (χ1v) is 8.10. The van der Waals surface area contributed by atoms with E-state index in [4.69, 9.17) is 11.6 Å². The quantitative estimate of drug-likeness (QED) is 0.773. The second kappa shape index (κ2) is 7.34. The Morgan fingerprint density at radius 3 is 2.53 bits per heavy atom. The smallest absolute Gasteiger partial charge is 0.0548 e. The predicted molar refractivity (Wildman–Crippen MR) is 87.1 cm³/mol. The molecule has 2 aromatic carbocycles. The van der Waals surface area contributed by atoms with Crippen molar-refractivity contribution >= 4 is 39.3 Å². The van der Waals surface area contributed by atoms with Crippen LogP contribution in [-0.4, -0.2) is 6.54 Å². The van der Waals surface area contributed by atoms with E-state index in [-0.39, 0.29) is 0 Å². The van der Waals surface area contributed by atoms with Crippen LogP contribution in [-0.2, 0) is 6.54 Å². The van der Waals surface area contributed by atoms with Crippen LogP contribution in [0.4, 0.5) is 0 Å². The molecule has 0 spiro atoms. The van der Waals surface area contributed by atoms with Crippen LogP contribution in [0.2, 0.25) is 5.02 Å². The van der Waals surface area contributed by atoms with Crippen LogP contribution in [0.15, 0.2) is 56.7 Å². The van der Waals surface area contributed by atoms with Crippen molar-refractivity contribution in [2.24, 2.45) is 0 Å². The molecule has 4 heteroatoms. The van der Waals surface area contributed by atoms with E-state index >= 15 is 0 Å². The van der Waals surface area contributed by atoms with Crippen LogP contribution in [0.25, 0.3) is 0 Å². The van der Waals surface area contributed by atoms with Crippen molar-refractivity contribution in [3.8, 4) is 0 Å². The Morgan fingerprint density at radius 1 is 1.16 bits per heavy atom. The fourth-order valence-electron chi connectivity index (χ4n) is 1.64. The zero-order valence-electron chi connectivity index (χ0n) is 10.6. The molecule has 0 aliphatic heterocycles. The molecule has 0 amide bonds. The minimum absolute atomic E-state index is 0.809. The van der Waals surface area contributed by atoms with Gasteiger partial charge in [-0.25, -0.2) is 0 Å². The summed E-state index contributed by atoms with van der Waals surface area (Å²) in [7, 11) is 0. The molecule has 0 unspecified atom stereocenters. The molecule has 100 valence electrons. The van der Waals surface area contributed by atoms with Crippen molar-refractivity contribution in [1.29, 1.82) is 0 Å². The van der Waals surface area contributed by atoms with Gasteiger partial charge in [-0.15, -0.1) is 0 Å². The molecule has 0 heterocycles. The Balaban J connectivity index is 2.10. The Morgan fingerprint density at radius 2 is 1.89 bits per heavy atom. The SMILES string of the molecule is CCNCc1ccc(Sc2ccc(Br)cc2)c(Cl)c1. The molecule has 0 radical (unpaired) electrons. The maximum atomic E-state index is 6.33. The molecule has 0 bridgehead atoms. The van der Waals surface area contributed by atoms with E-state index in [1.807, 2.05) is 18.2 Å². The van der Waals surface area contributed by atoms with Crippen LogP contribution >= 0.6 is 39.3 Å². The third-order valence-corrected chi connectivity index (χ3v) is 4.65. The van der Waals surface area contributed by atoms with E-state index in [2.05, 4.69) is 52.4 Å². The van der Waals surface area contributed by atoms with Crippen molar-refractivity contribution in [2.75, 3.05) is 6.54 Å². The van der Waals surface area contributed by atoms with E-state index < -0.39 is 0 Å². The van der Waals surface area contributed by atoms with E-state index in [9.17, 15) is 0 Å². The lowest BCUT2D eigenvalue weighted by molar-refractivity contribution is 0.726. The molecule has 1 N–H and O–H groups in total. The summed E-state index contributed by atoms with van der Waals surface area (Å²) in [6.45, 7) is 3.92. The largest absolute Gasteiger partial charge is 0.313 e. The highest BCUT2D eigenvalue weighted by Crippen LogP contribution is 2.34. The van der Waals surface area contributed by atoms with Gasteiger partial charge in [-0.05, 0) is 48.5 Å². The molecular formula is C15H15BrClNS. The van der Waals surface area contributed by atoms with E-state index in [0.717, 1.165) is 27.5 Å². The maximum Gasteiger partial charge on any atom is 0.0548 e. The molecule has 0 fully saturated rings. The van der Waals surface area contributed by atoms with Gasteiger partial charge in [0.1, 0.15) is 0 Å². The summed E-state index contributed by atoms with van der Waals surface area (Å²) >= 11 is 11.5. The highest BCUT2D eigenvalue weighted by molar-refractivity contribution is 9.10. The van der Waals surface area contributed by atoms with Gasteiger partial charge in [0.25, 0.3) is 0 Å². The summed E-state index contributed by atoms with van der Waals surface area (Å²) in [5.74, 6) is 0. The third kappa shape index (κ3) is 4.53. The highest BCUT2D eigenvalue weighted by Gasteiger charge is 2.04. The van der Waals surface area contributed by atoms with Gasteiger partial charge in [-0.1, -0.05) is 52.3 Å². The number of hydrogen-bond donors (Lipinski definition) is 1. The van der Waals surface area contributed by atoms with Crippen LogP contribution < -0.4 is 5.32 Å². The number of halogens is 2. The van der Waals surface area contributed by atoms with Crippen molar-refractivity contribution in [3.63, 3.8) is 0 Å². The van der Waals surface area contributed by atoms with Crippen LogP contribution in [0.1, 0.15) is 12.5 Å². The second-order valence-corrected chi connectivity index (χ2v) is 6.54. The van der Waals surface area contributed by atoms with E-state index in [0.29, 0.717) is 0 Å². The molecule has 0 atom stereocenters. The fraction of sp³-hybridized carbons (Fsp3) is 0.200. The summed E-state index contributed by atoms with van der Waals surface area (Å²) < 4.78 is 1.09. The Labute approximate surface area is 131 Å². The summed E-state index contributed by atoms with van der Waals surface area (Å²) in [5, 5.41) is 4.11. The lowest BCUT2D eigenvalue weighted by Gasteiger charge is -2.07. The summed E-state index contributed by atoms with van der Waals surface area (Å²) in [4.78, 5) is 2.27. The first kappa shape index (κ1) is 14.9. The Kier molecular flexibility index (Phi) is 5.76. The minimum atomic E-state index is 0.809. The fourth-order valence-corrected chi connectivity index (χ4v) is 3.04. The zero-order valence-corrected chi connectivity index (χ0v) is 13.8. The monoisotopic (exact) mass is 355 g/mol. The normalized spacial score (nSPS) is 10.7. The summed E-state index contributed by atoms with van der Waals surface area (Å²) in [5.41, 5.74) is 1.21. The number of nitrogens with one attached hydrogen (secondary N) is 1.